The molecule has 0 radical (unpaired) electrons. The number of sulfonamides is 1. The van der Waals surface area contributed by atoms with Gasteiger partial charge in [0.2, 0.25) is 10.0 Å². The summed E-state index contributed by atoms with van der Waals surface area (Å²) < 4.78 is 30.7. The molecule has 0 amide bonds. The second kappa shape index (κ2) is 8.34. The van der Waals surface area contributed by atoms with E-state index in [2.05, 4.69) is 16.6 Å². The van der Waals surface area contributed by atoms with Crippen molar-refractivity contribution in [3.63, 3.8) is 0 Å². The Kier molecular flexibility index (Phi) is 6.01. The molecule has 1 aromatic heterocycles. The van der Waals surface area contributed by atoms with Crippen molar-refractivity contribution in [2.75, 3.05) is 11.0 Å². The van der Waals surface area contributed by atoms with Gasteiger partial charge in [0, 0.05) is 11.3 Å². The summed E-state index contributed by atoms with van der Waals surface area (Å²) in [6, 6.07) is 11.5. The van der Waals surface area contributed by atoms with Crippen LogP contribution in [0.5, 0.6) is 0 Å². The summed E-state index contributed by atoms with van der Waals surface area (Å²) in [5.41, 5.74) is 1.19. The number of hydrogen-bond donors (Lipinski definition) is 2. The fourth-order valence-corrected chi connectivity index (χ4v) is 3.66. The van der Waals surface area contributed by atoms with Crippen LogP contribution < -0.4 is 10.2 Å². The zero-order chi connectivity index (χ0) is 21.9. The summed E-state index contributed by atoms with van der Waals surface area (Å²) in [4.78, 5) is 12.9. The van der Waals surface area contributed by atoms with Gasteiger partial charge < -0.3 is 9.52 Å². The number of anilines is 1. The van der Waals surface area contributed by atoms with E-state index >= 15 is 0 Å². The van der Waals surface area contributed by atoms with Gasteiger partial charge in [-0.25, -0.2) is 8.42 Å². The highest BCUT2D eigenvalue weighted by atomic mass is 32.2. The van der Waals surface area contributed by atoms with Crippen LogP contribution in [0.4, 0.5) is 5.69 Å². The molecule has 0 saturated heterocycles. The molecule has 0 saturated carbocycles. The van der Waals surface area contributed by atoms with E-state index in [4.69, 9.17) is 4.42 Å². The minimum absolute atomic E-state index is 0.197. The Balaban J connectivity index is 1.94. The standard InChI is InChI=1S/C23H23NO5S/c1-4-12-23(2,26)13-11-16-5-10-19-21(14-16)29-15-20(22(19)25)17-6-8-18(9-7-17)24-30(3,27)28/h5-10,14-15,24,26H,4,12H2,1-3H3. The molecule has 1 unspecified atom stereocenters. The Morgan fingerprint density at radius 3 is 2.50 bits per heavy atom. The third-order valence-corrected chi connectivity index (χ3v) is 5.09. The third-order valence-electron chi connectivity index (χ3n) is 4.49. The summed E-state index contributed by atoms with van der Waals surface area (Å²) in [7, 11) is -3.37. The molecule has 3 aromatic rings. The average Bonchev–Trinajstić information content (AvgIpc) is 2.66. The van der Waals surface area contributed by atoms with Crippen molar-refractivity contribution in [2.45, 2.75) is 32.3 Å². The first-order chi connectivity index (χ1) is 14.1. The van der Waals surface area contributed by atoms with Gasteiger partial charge in [-0.15, -0.1) is 0 Å². The minimum atomic E-state index is -3.37. The van der Waals surface area contributed by atoms with Crippen molar-refractivity contribution in [3.8, 4) is 23.0 Å². The largest absolute Gasteiger partial charge is 0.463 e. The molecule has 0 fully saturated rings. The lowest BCUT2D eigenvalue weighted by Gasteiger charge is -2.14. The maximum atomic E-state index is 12.9. The van der Waals surface area contributed by atoms with Gasteiger partial charge in [-0.1, -0.05) is 37.3 Å². The molecule has 0 aliphatic heterocycles. The highest BCUT2D eigenvalue weighted by Gasteiger charge is 2.15. The van der Waals surface area contributed by atoms with Gasteiger partial charge in [0.25, 0.3) is 0 Å². The molecule has 2 N–H and O–H groups in total. The molecule has 156 valence electrons. The lowest BCUT2D eigenvalue weighted by Crippen LogP contribution is -2.20. The zero-order valence-corrected chi connectivity index (χ0v) is 17.8. The average molecular weight is 426 g/mol. The second-order valence-corrected chi connectivity index (χ2v) is 9.16. The van der Waals surface area contributed by atoms with E-state index in [1.54, 1.807) is 49.4 Å². The van der Waals surface area contributed by atoms with Crippen LogP contribution in [-0.2, 0) is 10.0 Å². The first kappa shape index (κ1) is 21.6. The molecule has 0 bridgehead atoms. The van der Waals surface area contributed by atoms with Crippen molar-refractivity contribution in [1.29, 1.82) is 0 Å². The topological polar surface area (TPSA) is 96.6 Å². The molecular formula is C23H23NO5S. The SMILES string of the molecule is CCCC(C)(O)C#Cc1ccc2c(=O)c(-c3ccc(NS(C)(=O)=O)cc3)coc2c1. The molecule has 30 heavy (non-hydrogen) atoms. The molecule has 6 nitrogen and oxygen atoms in total. The van der Waals surface area contributed by atoms with Crippen LogP contribution in [-0.4, -0.2) is 25.4 Å². The molecule has 1 atom stereocenters. The van der Waals surface area contributed by atoms with Gasteiger partial charge in [0.05, 0.1) is 17.2 Å². The highest BCUT2D eigenvalue weighted by molar-refractivity contribution is 7.92. The first-order valence-electron chi connectivity index (χ1n) is 9.47. The van der Waals surface area contributed by atoms with E-state index in [-0.39, 0.29) is 5.43 Å². The van der Waals surface area contributed by atoms with Crippen molar-refractivity contribution < 1.29 is 17.9 Å². The molecule has 2 aromatic carbocycles. The second-order valence-electron chi connectivity index (χ2n) is 7.41. The lowest BCUT2D eigenvalue weighted by molar-refractivity contribution is 0.111. The Morgan fingerprint density at radius 1 is 1.17 bits per heavy atom. The lowest BCUT2D eigenvalue weighted by atomic mass is 10.0. The monoisotopic (exact) mass is 425 g/mol. The quantitative estimate of drug-likeness (QED) is 0.607. The van der Waals surface area contributed by atoms with E-state index in [1.807, 2.05) is 6.92 Å². The Morgan fingerprint density at radius 2 is 1.87 bits per heavy atom. The van der Waals surface area contributed by atoms with Crippen LogP contribution in [0.2, 0.25) is 0 Å². The van der Waals surface area contributed by atoms with E-state index in [1.165, 1.54) is 6.26 Å². The van der Waals surface area contributed by atoms with Crippen LogP contribution in [0.15, 0.2) is 57.9 Å². The molecule has 0 aliphatic carbocycles. The maximum Gasteiger partial charge on any atom is 0.229 e. The number of benzene rings is 2. The highest BCUT2D eigenvalue weighted by Crippen LogP contribution is 2.22. The Labute approximate surface area is 175 Å². The molecule has 0 spiro atoms. The third kappa shape index (κ3) is 5.29. The summed E-state index contributed by atoms with van der Waals surface area (Å²) in [6.07, 6.45) is 3.85. The number of fused-ring (bicyclic) bond motifs is 1. The van der Waals surface area contributed by atoms with Crippen molar-refractivity contribution in [2.24, 2.45) is 0 Å². The molecule has 1 heterocycles. The van der Waals surface area contributed by atoms with Crippen LogP contribution >= 0.6 is 0 Å². The van der Waals surface area contributed by atoms with Gasteiger partial charge in [-0.05, 0) is 49.2 Å². The minimum Gasteiger partial charge on any atom is -0.463 e. The van der Waals surface area contributed by atoms with Gasteiger partial charge >= 0.3 is 0 Å². The molecular weight excluding hydrogens is 402 g/mol. The fourth-order valence-electron chi connectivity index (χ4n) is 3.09. The predicted octanol–water partition coefficient (Wildman–Crippen LogP) is 3.73. The van der Waals surface area contributed by atoms with Crippen LogP contribution in [0, 0.1) is 11.8 Å². The summed E-state index contributed by atoms with van der Waals surface area (Å²) in [5, 5.41) is 10.6. The molecule has 0 aliphatic rings. The predicted molar refractivity (Wildman–Crippen MR) is 119 cm³/mol. The number of rotatable bonds is 5. The van der Waals surface area contributed by atoms with E-state index in [0.29, 0.717) is 39.8 Å². The fraction of sp³-hybridized carbons (Fsp3) is 0.261. The smallest absolute Gasteiger partial charge is 0.229 e. The summed E-state index contributed by atoms with van der Waals surface area (Å²) in [6.45, 7) is 3.65. The summed E-state index contributed by atoms with van der Waals surface area (Å²) >= 11 is 0. The van der Waals surface area contributed by atoms with Gasteiger partial charge in [0.1, 0.15) is 17.4 Å². The molecule has 7 heteroatoms. The van der Waals surface area contributed by atoms with Gasteiger partial charge in [-0.2, -0.15) is 0 Å². The van der Waals surface area contributed by atoms with Gasteiger partial charge in [0.15, 0.2) is 5.43 Å². The zero-order valence-electron chi connectivity index (χ0n) is 17.0. The maximum absolute atomic E-state index is 12.9. The van der Waals surface area contributed by atoms with Gasteiger partial charge in [-0.3, -0.25) is 9.52 Å². The van der Waals surface area contributed by atoms with E-state index in [9.17, 15) is 18.3 Å². The normalized spacial score (nSPS) is 13.3. The summed E-state index contributed by atoms with van der Waals surface area (Å²) in [5.74, 6) is 5.79. The Bertz CT molecular complexity index is 1290. The van der Waals surface area contributed by atoms with E-state index < -0.39 is 15.6 Å². The van der Waals surface area contributed by atoms with E-state index in [0.717, 1.165) is 12.7 Å². The number of nitrogens with one attached hydrogen (secondary N) is 1. The number of aliphatic hydroxyl groups is 1. The van der Waals surface area contributed by atoms with Crippen LogP contribution in [0.25, 0.3) is 22.1 Å². The van der Waals surface area contributed by atoms with Crippen LogP contribution in [0.1, 0.15) is 32.3 Å². The molecule has 3 rings (SSSR count). The van der Waals surface area contributed by atoms with Crippen molar-refractivity contribution >= 4 is 26.7 Å². The van der Waals surface area contributed by atoms with Crippen LogP contribution in [0.3, 0.4) is 0 Å². The number of hydrogen-bond acceptors (Lipinski definition) is 5. The first-order valence-corrected chi connectivity index (χ1v) is 11.4. The Hall–Kier alpha value is -3.08. The van der Waals surface area contributed by atoms with Crippen molar-refractivity contribution in [3.05, 3.63) is 64.5 Å². The van der Waals surface area contributed by atoms with Crippen molar-refractivity contribution in [1.82, 2.24) is 0 Å².